The Morgan fingerprint density at radius 1 is 0.917 bits per heavy atom. The Morgan fingerprint density at radius 2 is 1.62 bits per heavy atom. The van der Waals surface area contributed by atoms with E-state index < -0.39 is 11.8 Å². The molecule has 0 unspecified atom stereocenters. The average Bonchev–Trinajstić information content (AvgIpc) is 2.74. The maximum atomic E-state index is 12.7. The molecule has 0 saturated carbocycles. The molecule has 0 saturated heterocycles. The zero-order chi connectivity index (χ0) is 17.4. The zero-order valence-electron chi connectivity index (χ0n) is 13.1. The number of para-hydroxylation sites is 1. The minimum absolute atomic E-state index is 0.0744. The molecule has 4 nitrogen and oxygen atoms in total. The SMILES string of the molecule is Cc1ccccc1NC1=C(Cl)C(=O)N(c2ccc(Cl)cc2C)C1=O. The maximum absolute atomic E-state index is 12.7. The van der Waals surface area contributed by atoms with Crippen LogP contribution in [0, 0.1) is 13.8 Å². The monoisotopic (exact) mass is 360 g/mol. The maximum Gasteiger partial charge on any atom is 0.283 e. The molecule has 0 bridgehead atoms. The summed E-state index contributed by atoms with van der Waals surface area (Å²) in [5, 5.41) is 3.39. The van der Waals surface area contributed by atoms with Crippen LogP contribution in [-0.4, -0.2) is 11.8 Å². The van der Waals surface area contributed by atoms with Gasteiger partial charge in [-0.3, -0.25) is 9.59 Å². The van der Waals surface area contributed by atoms with Gasteiger partial charge in [-0.1, -0.05) is 41.4 Å². The fourth-order valence-electron chi connectivity index (χ4n) is 2.55. The number of halogens is 2. The minimum atomic E-state index is -0.553. The van der Waals surface area contributed by atoms with E-state index in [2.05, 4.69) is 5.32 Å². The van der Waals surface area contributed by atoms with E-state index in [-0.39, 0.29) is 10.7 Å². The first kappa shape index (κ1) is 16.6. The van der Waals surface area contributed by atoms with Gasteiger partial charge in [0.2, 0.25) is 0 Å². The highest BCUT2D eigenvalue weighted by Crippen LogP contribution is 2.33. The molecule has 24 heavy (non-hydrogen) atoms. The number of imide groups is 1. The fourth-order valence-corrected chi connectivity index (χ4v) is 2.99. The van der Waals surface area contributed by atoms with Crippen molar-refractivity contribution in [1.29, 1.82) is 0 Å². The predicted octanol–water partition coefficient (Wildman–Crippen LogP) is 4.39. The molecule has 1 N–H and O–H groups in total. The molecule has 1 heterocycles. The van der Waals surface area contributed by atoms with E-state index in [1.54, 1.807) is 25.1 Å². The molecular weight excluding hydrogens is 347 g/mol. The Morgan fingerprint density at radius 3 is 2.29 bits per heavy atom. The summed E-state index contributed by atoms with van der Waals surface area (Å²) in [7, 11) is 0. The van der Waals surface area contributed by atoms with Gasteiger partial charge in [0, 0.05) is 10.7 Å². The van der Waals surface area contributed by atoms with Crippen molar-refractivity contribution >= 4 is 46.4 Å². The number of rotatable bonds is 3. The molecule has 2 aromatic rings. The van der Waals surface area contributed by atoms with Crippen molar-refractivity contribution in [3.8, 4) is 0 Å². The summed E-state index contributed by atoms with van der Waals surface area (Å²) < 4.78 is 0. The van der Waals surface area contributed by atoms with Crippen molar-refractivity contribution in [3.63, 3.8) is 0 Å². The van der Waals surface area contributed by atoms with Gasteiger partial charge in [-0.25, -0.2) is 4.90 Å². The molecule has 1 aliphatic heterocycles. The van der Waals surface area contributed by atoms with Crippen LogP contribution in [0.25, 0.3) is 0 Å². The first-order valence-corrected chi connectivity index (χ1v) is 8.03. The van der Waals surface area contributed by atoms with E-state index in [9.17, 15) is 9.59 Å². The molecule has 1 aliphatic rings. The van der Waals surface area contributed by atoms with Gasteiger partial charge in [0.05, 0.1) is 5.69 Å². The highest BCUT2D eigenvalue weighted by Gasteiger charge is 2.39. The molecule has 3 rings (SSSR count). The van der Waals surface area contributed by atoms with E-state index in [1.807, 2.05) is 31.2 Å². The summed E-state index contributed by atoms with van der Waals surface area (Å²) in [6, 6.07) is 12.4. The molecule has 2 amide bonds. The molecule has 0 radical (unpaired) electrons. The lowest BCUT2D eigenvalue weighted by Crippen LogP contribution is -2.32. The van der Waals surface area contributed by atoms with Crippen LogP contribution < -0.4 is 10.2 Å². The van der Waals surface area contributed by atoms with Gasteiger partial charge < -0.3 is 5.32 Å². The number of hydrogen-bond donors (Lipinski definition) is 1. The van der Waals surface area contributed by atoms with E-state index in [1.165, 1.54) is 0 Å². The number of nitrogens with zero attached hydrogens (tertiary/aromatic N) is 1. The average molecular weight is 361 g/mol. The normalized spacial score (nSPS) is 14.6. The number of aryl methyl sites for hydroxylation is 2. The summed E-state index contributed by atoms with van der Waals surface area (Å²) in [5.74, 6) is -1.04. The lowest BCUT2D eigenvalue weighted by molar-refractivity contribution is -0.120. The van der Waals surface area contributed by atoms with Crippen molar-refractivity contribution in [1.82, 2.24) is 0 Å². The number of carbonyl (C=O) groups excluding carboxylic acids is 2. The quantitative estimate of drug-likeness (QED) is 0.825. The summed E-state index contributed by atoms with van der Waals surface area (Å²) in [6.45, 7) is 3.68. The Kier molecular flexibility index (Phi) is 4.35. The second kappa shape index (κ2) is 6.30. The predicted molar refractivity (Wildman–Crippen MR) is 96.4 cm³/mol. The summed E-state index contributed by atoms with van der Waals surface area (Å²) >= 11 is 12.1. The molecular formula is C18H14Cl2N2O2. The van der Waals surface area contributed by atoms with Gasteiger partial charge in [-0.2, -0.15) is 0 Å². The van der Waals surface area contributed by atoms with Gasteiger partial charge in [-0.05, 0) is 49.2 Å². The van der Waals surface area contributed by atoms with Crippen LogP contribution in [0.4, 0.5) is 11.4 Å². The van der Waals surface area contributed by atoms with Crippen LogP contribution in [0.3, 0.4) is 0 Å². The number of hydrogen-bond acceptors (Lipinski definition) is 3. The summed E-state index contributed by atoms with van der Waals surface area (Å²) in [6.07, 6.45) is 0. The van der Waals surface area contributed by atoms with Crippen molar-refractivity contribution in [2.45, 2.75) is 13.8 Å². The van der Waals surface area contributed by atoms with Gasteiger partial charge >= 0.3 is 0 Å². The number of benzene rings is 2. The Labute approximate surface area is 149 Å². The van der Waals surface area contributed by atoms with Crippen LogP contribution >= 0.6 is 23.2 Å². The Bertz CT molecular complexity index is 890. The van der Waals surface area contributed by atoms with E-state index >= 15 is 0 Å². The molecule has 0 aromatic heterocycles. The first-order chi connectivity index (χ1) is 11.4. The van der Waals surface area contributed by atoms with Crippen LogP contribution in [0.5, 0.6) is 0 Å². The van der Waals surface area contributed by atoms with E-state index in [0.717, 1.165) is 16.2 Å². The van der Waals surface area contributed by atoms with Gasteiger partial charge in [0.15, 0.2) is 0 Å². The third kappa shape index (κ3) is 2.79. The lowest BCUT2D eigenvalue weighted by atomic mass is 10.2. The van der Waals surface area contributed by atoms with Crippen molar-refractivity contribution in [2.75, 3.05) is 10.2 Å². The van der Waals surface area contributed by atoms with Gasteiger partial charge in [0.25, 0.3) is 11.8 Å². The number of anilines is 2. The van der Waals surface area contributed by atoms with Crippen LogP contribution in [-0.2, 0) is 9.59 Å². The number of amides is 2. The van der Waals surface area contributed by atoms with Crippen LogP contribution in [0.1, 0.15) is 11.1 Å². The fraction of sp³-hybridized carbons (Fsp3) is 0.111. The van der Waals surface area contributed by atoms with Crippen molar-refractivity contribution in [2.24, 2.45) is 0 Å². The molecule has 122 valence electrons. The standard InChI is InChI=1S/C18H14Cl2N2O2/c1-10-5-3-4-6-13(10)21-16-15(20)17(23)22(18(16)24)14-8-7-12(19)9-11(14)2/h3-9,21H,1-2H3. The summed E-state index contributed by atoms with van der Waals surface area (Å²) in [4.78, 5) is 26.3. The number of nitrogens with one attached hydrogen (secondary N) is 1. The van der Waals surface area contributed by atoms with Gasteiger partial charge in [-0.15, -0.1) is 0 Å². The smallest absolute Gasteiger partial charge is 0.283 e. The molecule has 2 aromatic carbocycles. The van der Waals surface area contributed by atoms with Gasteiger partial charge in [0.1, 0.15) is 10.7 Å². The summed E-state index contributed by atoms with van der Waals surface area (Å²) in [5.41, 5.74) is 2.92. The Hall–Kier alpha value is -2.30. The molecule has 6 heteroatoms. The van der Waals surface area contributed by atoms with Crippen molar-refractivity contribution < 1.29 is 9.59 Å². The second-order valence-electron chi connectivity index (χ2n) is 5.51. The Balaban J connectivity index is 1.97. The highest BCUT2D eigenvalue weighted by atomic mass is 35.5. The second-order valence-corrected chi connectivity index (χ2v) is 6.32. The molecule has 0 fully saturated rings. The lowest BCUT2D eigenvalue weighted by Gasteiger charge is -2.18. The molecule has 0 spiro atoms. The first-order valence-electron chi connectivity index (χ1n) is 7.27. The topological polar surface area (TPSA) is 49.4 Å². The molecule has 0 atom stereocenters. The number of carbonyl (C=O) groups is 2. The van der Waals surface area contributed by atoms with Crippen LogP contribution in [0.2, 0.25) is 5.02 Å². The highest BCUT2D eigenvalue weighted by molar-refractivity contribution is 6.53. The van der Waals surface area contributed by atoms with Crippen molar-refractivity contribution in [3.05, 3.63) is 69.3 Å². The van der Waals surface area contributed by atoms with Crippen LogP contribution in [0.15, 0.2) is 53.2 Å². The van der Waals surface area contributed by atoms with E-state index in [4.69, 9.17) is 23.2 Å². The molecule has 0 aliphatic carbocycles. The largest absolute Gasteiger partial charge is 0.349 e. The zero-order valence-corrected chi connectivity index (χ0v) is 14.6. The van der Waals surface area contributed by atoms with E-state index in [0.29, 0.717) is 16.3 Å². The third-order valence-corrected chi connectivity index (χ3v) is 4.42. The third-order valence-electron chi connectivity index (χ3n) is 3.83. The minimum Gasteiger partial charge on any atom is -0.349 e.